The van der Waals surface area contributed by atoms with Crippen molar-refractivity contribution in [2.24, 2.45) is 10.7 Å². The molecule has 1 aliphatic heterocycles. The molecule has 1 aliphatic carbocycles. The van der Waals surface area contributed by atoms with E-state index in [9.17, 15) is 5.11 Å². The van der Waals surface area contributed by atoms with Crippen LogP contribution >= 0.6 is 11.6 Å². The van der Waals surface area contributed by atoms with Crippen LogP contribution in [0.25, 0.3) is 5.57 Å². The standard InChI is InChI=1S/C17H20ClN3O/c18-11-20-16(8-13(22)9-19)15-10-21-7-3-5-12-4-1-2-6-14(15)17(12)21/h1-2,4,9-10,22H,3,5-8,11,19H2/b13-9+,20-16+. The number of nitrogens with two attached hydrogens (primary N) is 1. The minimum absolute atomic E-state index is 0.111. The predicted octanol–water partition coefficient (Wildman–Crippen LogP) is 3.51. The highest BCUT2D eigenvalue weighted by Crippen LogP contribution is 2.35. The molecule has 1 aromatic rings. The van der Waals surface area contributed by atoms with Crippen LogP contribution in [0.1, 0.15) is 36.1 Å². The molecular formula is C17H20ClN3O. The van der Waals surface area contributed by atoms with Gasteiger partial charge in [-0.05, 0) is 30.4 Å². The van der Waals surface area contributed by atoms with E-state index < -0.39 is 0 Å². The van der Waals surface area contributed by atoms with E-state index in [1.807, 2.05) is 0 Å². The lowest BCUT2D eigenvalue weighted by atomic mass is 9.96. The van der Waals surface area contributed by atoms with E-state index in [2.05, 4.69) is 34.0 Å². The molecule has 1 aromatic heterocycles. The first-order valence-electron chi connectivity index (χ1n) is 7.52. The Morgan fingerprint density at radius 3 is 3.14 bits per heavy atom. The van der Waals surface area contributed by atoms with Crippen molar-refractivity contribution in [3.63, 3.8) is 0 Å². The van der Waals surface area contributed by atoms with E-state index in [1.165, 1.54) is 23.0 Å². The zero-order valence-electron chi connectivity index (χ0n) is 12.4. The fraction of sp³-hybridized carbons (Fsp3) is 0.353. The van der Waals surface area contributed by atoms with Crippen molar-refractivity contribution in [1.29, 1.82) is 0 Å². The number of aliphatic imine (C=N–C) groups is 1. The van der Waals surface area contributed by atoms with Crippen molar-refractivity contribution >= 4 is 22.9 Å². The van der Waals surface area contributed by atoms with Gasteiger partial charge in [0.05, 0.1) is 5.71 Å². The maximum Gasteiger partial charge on any atom is 0.114 e. The summed E-state index contributed by atoms with van der Waals surface area (Å²) in [6.45, 7) is 1.02. The Morgan fingerprint density at radius 2 is 2.36 bits per heavy atom. The second-order valence-corrected chi connectivity index (χ2v) is 5.79. The predicted molar refractivity (Wildman–Crippen MR) is 91.3 cm³/mol. The summed E-state index contributed by atoms with van der Waals surface area (Å²) in [5.41, 5.74) is 11.2. The van der Waals surface area contributed by atoms with Crippen molar-refractivity contribution in [2.45, 2.75) is 32.2 Å². The normalized spacial score (nSPS) is 18.0. The van der Waals surface area contributed by atoms with E-state index in [0.717, 1.165) is 37.1 Å². The van der Waals surface area contributed by atoms with Crippen LogP contribution in [0.5, 0.6) is 0 Å². The van der Waals surface area contributed by atoms with E-state index in [1.54, 1.807) is 0 Å². The summed E-state index contributed by atoms with van der Waals surface area (Å²) in [6, 6.07) is 0.172. The Bertz CT molecular complexity index is 695. The molecule has 2 heterocycles. The smallest absolute Gasteiger partial charge is 0.114 e. The van der Waals surface area contributed by atoms with Gasteiger partial charge in [0.2, 0.25) is 0 Å². The summed E-state index contributed by atoms with van der Waals surface area (Å²) in [6.07, 6.45) is 13.3. The van der Waals surface area contributed by atoms with Crippen LogP contribution in [0, 0.1) is 0 Å². The maximum absolute atomic E-state index is 9.78. The molecule has 0 atom stereocenters. The number of allylic oxidation sites excluding steroid dienone is 5. The Morgan fingerprint density at radius 1 is 1.50 bits per heavy atom. The Kier molecular flexibility index (Phi) is 4.39. The Hall–Kier alpha value is -1.94. The highest BCUT2D eigenvalue weighted by Gasteiger charge is 2.24. The van der Waals surface area contributed by atoms with E-state index in [4.69, 9.17) is 17.3 Å². The quantitative estimate of drug-likeness (QED) is 0.386. The third kappa shape index (κ3) is 2.71. The summed E-state index contributed by atoms with van der Waals surface area (Å²) in [5, 5.41) is 9.78. The van der Waals surface area contributed by atoms with Gasteiger partial charge < -0.3 is 15.4 Å². The first-order chi connectivity index (χ1) is 10.7. The maximum atomic E-state index is 9.78. The number of rotatable bonds is 4. The van der Waals surface area contributed by atoms with Gasteiger partial charge in [-0.2, -0.15) is 0 Å². The van der Waals surface area contributed by atoms with Crippen LogP contribution in [-0.4, -0.2) is 21.4 Å². The number of hydrogen-bond donors (Lipinski definition) is 2. The molecule has 22 heavy (non-hydrogen) atoms. The highest BCUT2D eigenvalue weighted by molar-refractivity contribution is 6.19. The minimum atomic E-state index is 0.111. The number of alkyl halides is 1. The molecule has 4 nitrogen and oxygen atoms in total. The number of aryl methyl sites for hydroxylation is 1. The summed E-state index contributed by atoms with van der Waals surface area (Å²) in [4.78, 5) is 4.38. The number of aliphatic hydroxyl groups is 1. The van der Waals surface area contributed by atoms with Crippen LogP contribution in [0.3, 0.4) is 0 Å². The molecule has 0 saturated carbocycles. The lowest BCUT2D eigenvalue weighted by Crippen LogP contribution is -2.09. The largest absolute Gasteiger partial charge is 0.510 e. The zero-order chi connectivity index (χ0) is 15.5. The molecule has 0 spiro atoms. The van der Waals surface area contributed by atoms with Crippen molar-refractivity contribution in [3.05, 3.63) is 53.2 Å². The third-order valence-electron chi connectivity index (χ3n) is 4.19. The van der Waals surface area contributed by atoms with Crippen LogP contribution in [-0.2, 0) is 13.0 Å². The van der Waals surface area contributed by atoms with Crippen molar-refractivity contribution in [1.82, 2.24) is 4.57 Å². The second kappa shape index (κ2) is 6.44. The van der Waals surface area contributed by atoms with E-state index >= 15 is 0 Å². The van der Waals surface area contributed by atoms with Crippen molar-refractivity contribution in [3.8, 4) is 0 Å². The highest BCUT2D eigenvalue weighted by atomic mass is 35.5. The van der Waals surface area contributed by atoms with Gasteiger partial charge in [-0.25, -0.2) is 0 Å². The molecule has 0 aromatic carbocycles. The summed E-state index contributed by atoms with van der Waals surface area (Å²) in [5.74, 6) is 0.111. The monoisotopic (exact) mass is 317 g/mol. The summed E-state index contributed by atoms with van der Waals surface area (Å²) >= 11 is 5.82. The van der Waals surface area contributed by atoms with Gasteiger partial charge >= 0.3 is 0 Å². The number of nitrogens with zero attached hydrogens (tertiary/aromatic N) is 2. The summed E-state index contributed by atoms with van der Waals surface area (Å²) < 4.78 is 2.31. The number of aromatic nitrogens is 1. The van der Waals surface area contributed by atoms with Gasteiger partial charge in [-0.15, -0.1) is 11.6 Å². The van der Waals surface area contributed by atoms with Gasteiger partial charge in [0.15, 0.2) is 0 Å². The molecule has 5 heteroatoms. The van der Waals surface area contributed by atoms with Crippen LogP contribution in [0.2, 0.25) is 0 Å². The minimum Gasteiger partial charge on any atom is -0.510 e. The molecule has 2 aliphatic rings. The Balaban J connectivity index is 2.10. The third-order valence-corrected chi connectivity index (χ3v) is 4.31. The van der Waals surface area contributed by atoms with Gasteiger partial charge in [-0.1, -0.05) is 18.2 Å². The molecule has 0 fully saturated rings. The molecule has 3 rings (SSSR count). The first-order valence-corrected chi connectivity index (χ1v) is 8.05. The zero-order valence-corrected chi connectivity index (χ0v) is 13.2. The van der Waals surface area contributed by atoms with Crippen molar-refractivity contribution in [2.75, 3.05) is 6.00 Å². The molecule has 0 unspecified atom stereocenters. The second-order valence-electron chi connectivity index (χ2n) is 5.55. The first kappa shape index (κ1) is 15.0. The molecule has 3 N–H and O–H groups in total. The van der Waals surface area contributed by atoms with Gasteiger partial charge in [0, 0.05) is 36.6 Å². The SMILES string of the molecule is N/C=C(/O)C/C(=N\CCl)c1cn2c3c1CC=CC=C3CCC2. The topological polar surface area (TPSA) is 63.5 Å². The molecule has 0 amide bonds. The lowest BCUT2D eigenvalue weighted by Gasteiger charge is -2.19. The molecule has 116 valence electrons. The fourth-order valence-electron chi connectivity index (χ4n) is 3.24. The number of hydrogen-bond acceptors (Lipinski definition) is 3. The van der Waals surface area contributed by atoms with Crippen molar-refractivity contribution < 1.29 is 5.11 Å². The average molecular weight is 318 g/mol. The summed E-state index contributed by atoms with van der Waals surface area (Å²) in [7, 11) is 0. The molecular weight excluding hydrogens is 298 g/mol. The van der Waals surface area contributed by atoms with Gasteiger partial charge in [0.25, 0.3) is 0 Å². The average Bonchev–Trinajstić information content (AvgIpc) is 2.75. The van der Waals surface area contributed by atoms with Gasteiger partial charge in [-0.3, -0.25) is 4.99 Å². The van der Waals surface area contributed by atoms with Crippen LogP contribution in [0.4, 0.5) is 0 Å². The fourth-order valence-corrected chi connectivity index (χ4v) is 3.38. The lowest BCUT2D eigenvalue weighted by molar-refractivity contribution is 0.403. The molecule has 0 saturated heterocycles. The Labute approximate surface area is 135 Å². The van der Waals surface area contributed by atoms with Crippen LogP contribution < -0.4 is 5.73 Å². The van der Waals surface area contributed by atoms with Gasteiger partial charge in [0.1, 0.15) is 11.8 Å². The number of halogens is 1. The van der Waals surface area contributed by atoms with E-state index in [0.29, 0.717) is 6.42 Å². The van der Waals surface area contributed by atoms with E-state index in [-0.39, 0.29) is 11.8 Å². The molecule has 0 bridgehead atoms. The number of aliphatic hydroxyl groups excluding tert-OH is 1. The van der Waals surface area contributed by atoms with Crippen LogP contribution in [0.15, 0.2) is 41.4 Å². The molecule has 0 radical (unpaired) electrons.